The third kappa shape index (κ3) is 2.45. The van der Waals surface area contributed by atoms with Crippen LogP contribution in [0, 0.1) is 0 Å². The minimum absolute atomic E-state index is 0.00570. The zero-order chi connectivity index (χ0) is 15.6. The molecular weight excluding hydrogens is 276 g/mol. The molecule has 1 N–H and O–H groups in total. The van der Waals surface area contributed by atoms with Gasteiger partial charge in [-0.1, -0.05) is 24.3 Å². The number of nitrogens with zero attached hydrogens (tertiary/aromatic N) is 1. The van der Waals surface area contributed by atoms with E-state index in [0.717, 1.165) is 44.2 Å². The Bertz CT molecular complexity index is 584. The van der Waals surface area contributed by atoms with Crippen molar-refractivity contribution in [2.75, 3.05) is 20.1 Å². The quantitative estimate of drug-likeness (QED) is 0.668. The summed E-state index contributed by atoms with van der Waals surface area (Å²) in [6.45, 7) is 1.48. The molecule has 3 rings (SSSR count). The van der Waals surface area contributed by atoms with Gasteiger partial charge >= 0.3 is 0 Å². The molecule has 1 aliphatic carbocycles. The maximum Gasteiger partial charge on any atom is 0.240 e. The van der Waals surface area contributed by atoms with E-state index in [2.05, 4.69) is 11.4 Å². The van der Waals surface area contributed by atoms with Crippen LogP contribution >= 0.6 is 0 Å². The van der Waals surface area contributed by atoms with E-state index in [0.29, 0.717) is 13.0 Å². The van der Waals surface area contributed by atoms with Gasteiger partial charge in [-0.3, -0.25) is 14.5 Å². The first-order valence-electron chi connectivity index (χ1n) is 8.27. The highest BCUT2D eigenvalue weighted by molar-refractivity contribution is 6.09. The lowest BCUT2D eigenvalue weighted by atomic mass is 9.69. The van der Waals surface area contributed by atoms with E-state index in [1.807, 2.05) is 25.2 Å². The molecule has 1 spiro atoms. The van der Waals surface area contributed by atoms with Gasteiger partial charge in [-0.15, -0.1) is 0 Å². The van der Waals surface area contributed by atoms with Crippen LogP contribution in [-0.4, -0.2) is 36.9 Å². The van der Waals surface area contributed by atoms with Gasteiger partial charge in [-0.2, -0.15) is 0 Å². The summed E-state index contributed by atoms with van der Waals surface area (Å²) in [5, 5.41) is 3.10. The van der Waals surface area contributed by atoms with Crippen molar-refractivity contribution in [2.45, 2.75) is 43.9 Å². The van der Waals surface area contributed by atoms with Crippen LogP contribution < -0.4 is 5.32 Å². The fourth-order valence-electron chi connectivity index (χ4n) is 3.92. The van der Waals surface area contributed by atoms with E-state index in [1.54, 1.807) is 0 Å². The molecule has 1 aromatic carbocycles. The molecule has 0 bridgehead atoms. The first-order chi connectivity index (χ1) is 10.7. The molecule has 4 nitrogen and oxygen atoms in total. The summed E-state index contributed by atoms with van der Waals surface area (Å²) in [4.78, 5) is 26.9. The number of imide groups is 1. The molecule has 1 unspecified atom stereocenters. The van der Waals surface area contributed by atoms with Gasteiger partial charge in [-0.05, 0) is 56.8 Å². The Kier molecular flexibility index (Phi) is 4.30. The second-order valence-electron chi connectivity index (χ2n) is 6.43. The second kappa shape index (κ2) is 6.21. The number of amides is 2. The summed E-state index contributed by atoms with van der Waals surface area (Å²) >= 11 is 0. The summed E-state index contributed by atoms with van der Waals surface area (Å²) in [5.41, 5.74) is 1.76. The topological polar surface area (TPSA) is 49.4 Å². The molecule has 4 heteroatoms. The van der Waals surface area contributed by atoms with E-state index < -0.39 is 5.41 Å². The molecule has 0 radical (unpaired) electrons. The average molecular weight is 300 g/mol. The Morgan fingerprint density at radius 1 is 1.23 bits per heavy atom. The first kappa shape index (κ1) is 15.2. The van der Waals surface area contributed by atoms with Crippen LogP contribution in [0.25, 0.3) is 0 Å². The number of benzene rings is 1. The lowest BCUT2D eigenvalue weighted by molar-refractivity contribution is -0.140. The van der Waals surface area contributed by atoms with Crippen molar-refractivity contribution in [2.24, 2.45) is 0 Å². The molecule has 1 heterocycles. The van der Waals surface area contributed by atoms with E-state index in [4.69, 9.17) is 0 Å². The van der Waals surface area contributed by atoms with Crippen LogP contribution in [0.2, 0.25) is 0 Å². The first-order valence-corrected chi connectivity index (χ1v) is 8.27. The molecule has 2 amide bonds. The molecule has 0 aromatic heterocycles. The number of nitrogens with one attached hydrogen (secondary N) is 1. The van der Waals surface area contributed by atoms with Crippen molar-refractivity contribution in [3.63, 3.8) is 0 Å². The number of hydrogen-bond donors (Lipinski definition) is 1. The number of likely N-dealkylation sites (tertiary alicyclic amines) is 1. The van der Waals surface area contributed by atoms with Crippen molar-refractivity contribution in [3.05, 3.63) is 35.4 Å². The smallest absolute Gasteiger partial charge is 0.240 e. The Balaban J connectivity index is 1.82. The van der Waals surface area contributed by atoms with Crippen molar-refractivity contribution in [1.29, 1.82) is 0 Å². The monoisotopic (exact) mass is 300 g/mol. The lowest BCUT2D eigenvalue weighted by Crippen LogP contribution is -2.41. The van der Waals surface area contributed by atoms with Crippen LogP contribution in [0.3, 0.4) is 0 Å². The highest BCUT2D eigenvalue weighted by atomic mass is 16.2. The number of carbonyl (C=O) groups is 2. The summed E-state index contributed by atoms with van der Waals surface area (Å²) < 4.78 is 0. The van der Waals surface area contributed by atoms with Gasteiger partial charge in [0.15, 0.2) is 0 Å². The molecular formula is C18H24N2O2. The molecule has 2 aliphatic rings. The van der Waals surface area contributed by atoms with Crippen LogP contribution in [0.1, 0.15) is 43.2 Å². The van der Waals surface area contributed by atoms with Gasteiger partial charge < -0.3 is 5.32 Å². The molecule has 1 aliphatic heterocycles. The summed E-state index contributed by atoms with van der Waals surface area (Å²) in [6, 6.07) is 8.15. The predicted octanol–water partition coefficient (Wildman–Crippen LogP) is 2.02. The van der Waals surface area contributed by atoms with E-state index in [1.165, 1.54) is 10.5 Å². The normalized spacial score (nSPS) is 24.1. The van der Waals surface area contributed by atoms with Gasteiger partial charge in [-0.25, -0.2) is 0 Å². The number of rotatable bonds is 5. The maximum atomic E-state index is 13.0. The highest BCUT2D eigenvalue weighted by Gasteiger charge is 2.53. The Labute approximate surface area is 131 Å². The largest absolute Gasteiger partial charge is 0.320 e. The van der Waals surface area contributed by atoms with Gasteiger partial charge in [0.2, 0.25) is 11.8 Å². The third-order valence-corrected chi connectivity index (χ3v) is 5.05. The van der Waals surface area contributed by atoms with Crippen LogP contribution in [-0.2, 0) is 21.4 Å². The van der Waals surface area contributed by atoms with Gasteiger partial charge in [0, 0.05) is 13.0 Å². The number of unbranched alkanes of at least 4 members (excludes halogenated alkanes) is 1. The molecule has 118 valence electrons. The third-order valence-electron chi connectivity index (χ3n) is 5.05. The van der Waals surface area contributed by atoms with Gasteiger partial charge in [0.05, 0.1) is 5.41 Å². The highest BCUT2D eigenvalue weighted by Crippen LogP contribution is 2.45. The Morgan fingerprint density at radius 3 is 2.86 bits per heavy atom. The van der Waals surface area contributed by atoms with Crippen LogP contribution in [0.5, 0.6) is 0 Å². The van der Waals surface area contributed by atoms with Gasteiger partial charge in [0.25, 0.3) is 0 Å². The predicted molar refractivity (Wildman–Crippen MR) is 85.6 cm³/mol. The van der Waals surface area contributed by atoms with E-state index >= 15 is 0 Å². The molecule has 22 heavy (non-hydrogen) atoms. The molecule has 1 aromatic rings. The minimum Gasteiger partial charge on any atom is -0.320 e. The summed E-state index contributed by atoms with van der Waals surface area (Å²) in [7, 11) is 1.92. The molecule has 0 saturated carbocycles. The fourth-order valence-corrected chi connectivity index (χ4v) is 3.92. The standard InChI is InChI=1S/C18H24N2O2/c1-19-11-4-5-12-20-16(21)13-18(17(20)22)10-6-8-14-7-2-3-9-15(14)18/h2-3,7,9,19H,4-6,8,10-13H2,1H3. The Hall–Kier alpha value is -1.68. The zero-order valence-electron chi connectivity index (χ0n) is 13.2. The van der Waals surface area contributed by atoms with E-state index in [-0.39, 0.29) is 11.8 Å². The summed E-state index contributed by atoms with van der Waals surface area (Å²) in [6.07, 6.45) is 5.02. The zero-order valence-corrected chi connectivity index (χ0v) is 13.2. The van der Waals surface area contributed by atoms with Crippen LogP contribution in [0.15, 0.2) is 24.3 Å². The van der Waals surface area contributed by atoms with Crippen molar-refractivity contribution in [3.8, 4) is 0 Å². The number of hydrogen-bond acceptors (Lipinski definition) is 3. The Morgan fingerprint density at radius 2 is 2.05 bits per heavy atom. The van der Waals surface area contributed by atoms with Crippen molar-refractivity contribution < 1.29 is 9.59 Å². The minimum atomic E-state index is -0.574. The molecule has 1 atom stereocenters. The number of aryl methyl sites for hydroxylation is 1. The van der Waals surface area contributed by atoms with Crippen molar-refractivity contribution >= 4 is 11.8 Å². The SMILES string of the molecule is CNCCCCN1C(=O)CC2(CCCc3ccccc32)C1=O. The maximum absolute atomic E-state index is 13.0. The van der Waals surface area contributed by atoms with Gasteiger partial charge in [0.1, 0.15) is 0 Å². The average Bonchev–Trinajstić information content (AvgIpc) is 2.76. The van der Waals surface area contributed by atoms with Crippen molar-refractivity contribution in [1.82, 2.24) is 10.2 Å². The number of carbonyl (C=O) groups excluding carboxylic acids is 2. The second-order valence-corrected chi connectivity index (χ2v) is 6.43. The molecule has 1 fully saturated rings. The van der Waals surface area contributed by atoms with Crippen LogP contribution in [0.4, 0.5) is 0 Å². The lowest BCUT2D eigenvalue weighted by Gasteiger charge is -2.33. The molecule has 1 saturated heterocycles. The summed E-state index contributed by atoms with van der Waals surface area (Å²) in [5.74, 6) is 0.0419. The fraction of sp³-hybridized carbons (Fsp3) is 0.556. The van der Waals surface area contributed by atoms with E-state index in [9.17, 15) is 9.59 Å². The number of fused-ring (bicyclic) bond motifs is 2.